The highest BCUT2D eigenvalue weighted by atomic mass is 16.1. The first-order chi connectivity index (χ1) is 12.2. The smallest absolute Gasteiger partial charge is 0.250 e. The van der Waals surface area contributed by atoms with E-state index in [1.807, 2.05) is 30.5 Å². The third kappa shape index (κ3) is 3.26. The molecule has 0 saturated carbocycles. The van der Waals surface area contributed by atoms with E-state index >= 15 is 0 Å². The molecule has 1 aliphatic heterocycles. The van der Waals surface area contributed by atoms with Gasteiger partial charge < -0.3 is 16.4 Å². The van der Waals surface area contributed by atoms with E-state index in [1.54, 1.807) is 10.7 Å². The van der Waals surface area contributed by atoms with E-state index in [4.69, 9.17) is 5.73 Å². The first kappa shape index (κ1) is 15.8. The van der Waals surface area contributed by atoms with Crippen LogP contribution >= 0.6 is 0 Å². The zero-order valence-electron chi connectivity index (χ0n) is 13.9. The second kappa shape index (κ2) is 6.66. The van der Waals surface area contributed by atoms with Gasteiger partial charge in [0.1, 0.15) is 5.52 Å². The van der Waals surface area contributed by atoms with Gasteiger partial charge in [-0.05, 0) is 36.7 Å². The average Bonchev–Trinajstić information content (AvgIpc) is 3.29. The van der Waals surface area contributed by atoms with Crippen LogP contribution in [-0.4, -0.2) is 34.8 Å². The van der Waals surface area contributed by atoms with Crippen molar-refractivity contribution in [3.8, 4) is 5.69 Å². The number of hydrogen-bond acceptors (Lipinski definition) is 4. The standard InChI is InChI=1S/C19H21N5O/c20-19(25)17-3-1-2-14-12-24(23-18(14)17)16-6-4-13(5-7-16)10-22-15-8-9-21-11-15/h1-7,12,15,21-22H,8-11H2,(H2,20,25). The second-order valence-corrected chi connectivity index (χ2v) is 6.42. The molecule has 0 aliphatic carbocycles. The number of fused-ring (bicyclic) bond motifs is 1. The Morgan fingerprint density at radius 1 is 1.28 bits per heavy atom. The summed E-state index contributed by atoms with van der Waals surface area (Å²) < 4.78 is 1.79. The van der Waals surface area contributed by atoms with Crippen LogP contribution in [0.2, 0.25) is 0 Å². The highest BCUT2D eigenvalue weighted by Crippen LogP contribution is 2.19. The summed E-state index contributed by atoms with van der Waals surface area (Å²) in [4.78, 5) is 11.5. The van der Waals surface area contributed by atoms with Gasteiger partial charge in [0.2, 0.25) is 0 Å². The summed E-state index contributed by atoms with van der Waals surface area (Å²) in [6.45, 7) is 3.00. The van der Waals surface area contributed by atoms with Crippen molar-refractivity contribution in [3.63, 3.8) is 0 Å². The molecular weight excluding hydrogens is 314 g/mol. The molecule has 3 aromatic rings. The predicted molar refractivity (Wildman–Crippen MR) is 97.7 cm³/mol. The molecule has 6 nitrogen and oxygen atoms in total. The summed E-state index contributed by atoms with van der Waals surface area (Å²) in [5, 5.41) is 12.4. The monoisotopic (exact) mass is 335 g/mol. The van der Waals surface area contributed by atoms with Crippen molar-refractivity contribution in [3.05, 3.63) is 59.8 Å². The molecule has 1 aliphatic rings. The molecule has 1 atom stereocenters. The van der Waals surface area contributed by atoms with Gasteiger partial charge in [-0.1, -0.05) is 24.3 Å². The number of nitrogens with two attached hydrogens (primary N) is 1. The summed E-state index contributed by atoms with van der Waals surface area (Å²) >= 11 is 0. The van der Waals surface area contributed by atoms with Gasteiger partial charge in [-0.25, -0.2) is 4.68 Å². The van der Waals surface area contributed by atoms with Gasteiger partial charge in [-0.3, -0.25) is 4.79 Å². The lowest BCUT2D eigenvalue weighted by atomic mass is 10.1. The Labute approximate surface area is 146 Å². The van der Waals surface area contributed by atoms with E-state index in [0.29, 0.717) is 17.1 Å². The summed E-state index contributed by atoms with van der Waals surface area (Å²) in [6, 6.07) is 14.3. The molecule has 6 heteroatoms. The molecule has 0 radical (unpaired) electrons. The molecular formula is C19H21N5O. The van der Waals surface area contributed by atoms with Crippen molar-refractivity contribution < 1.29 is 4.79 Å². The number of hydrogen-bond donors (Lipinski definition) is 3. The first-order valence-corrected chi connectivity index (χ1v) is 8.52. The largest absolute Gasteiger partial charge is 0.366 e. The number of amides is 1. The lowest BCUT2D eigenvalue weighted by molar-refractivity contribution is 0.100. The van der Waals surface area contributed by atoms with E-state index in [0.717, 1.165) is 30.7 Å². The SMILES string of the molecule is NC(=O)c1cccc2cn(-c3ccc(CNC4CCNC4)cc3)nc12. The van der Waals surface area contributed by atoms with Crippen LogP contribution in [0.4, 0.5) is 0 Å². The Morgan fingerprint density at radius 2 is 2.12 bits per heavy atom. The van der Waals surface area contributed by atoms with Crippen LogP contribution in [0.25, 0.3) is 16.6 Å². The molecule has 1 unspecified atom stereocenters. The van der Waals surface area contributed by atoms with Crippen LogP contribution < -0.4 is 16.4 Å². The number of primary amides is 1. The minimum Gasteiger partial charge on any atom is -0.366 e. The molecule has 1 fully saturated rings. The van der Waals surface area contributed by atoms with E-state index in [9.17, 15) is 4.79 Å². The van der Waals surface area contributed by atoms with Gasteiger partial charge in [0.25, 0.3) is 5.91 Å². The van der Waals surface area contributed by atoms with Crippen LogP contribution in [0.15, 0.2) is 48.7 Å². The number of carbonyl (C=O) groups excluding carboxylic acids is 1. The molecule has 0 bridgehead atoms. The van der Waals surface area contributed by atoms with Gasteiger partial charge >= 0.3 is 0 Å². The summed E-state index contributed by atoms with van der Waals surface area (Å²) in [7, 11) is 0. The van der Waals surface area contributed by atoms with Crippen LogP contribution in [0.5, 0.6) is 0 Å². The number of nitrogens with zero attached hydrogens (tertiary/aromatic N) is 2. The van der Waals surface area contributed by atoms with E-state index in [1.165, 1.54) is 12.0 Å². The van der Waals surface area contributed by atoms with Crippen molar-refractivity contribution in [2.45, 2.75) is 19.0 Å². The van der Waals surface area contributed by atoms with Gasteiger partial charge in [0.05, 0.1) is 11.3 Å². The Bertz CT molecular complexity index is 894. The zero-order valence-corrected chi connectivity index (χ0v) is 13.9. The molecule has 4 N–H and O–H groups in total. The third-order valence-corrected chi connectivity index (χ3v) is 4.66. The van der Waals surface area contributed by atoms with Gasteiger partial charge in [0.15, 0.2) is 0 Å². The van der Waals surface area contributed by atoms with E-state index in [2.05, 4.69) is 27.9 Å². The molecule has 2 aromatic carbocycles. The highest BCUT2D eigenvalue weighted by molar-refractivity contribution is 6.04. The average molecular weight is 335 g/mol. The van der Waals surface area contributed by atoms with Gasteiger partial charge in [-0.15, -0.1) is 0 Å². The number of benzene rings is 2. The number of aromatic nitrogens is 2. The Kier molecular flexibility index (Phi) is 4.21. The van der Waals surface area contributed by atoms with Crippen LogP contribution in [0.1, 0.15) is 22.3 Å². The molecule has 2 heterocycles. The summed E-state index contributed by atoms with van der Waals surface area (Å²) in [5.74, 6) is -0.460. The van der Waals surface area contributed by atoms with Crippen molar-refractivity contribution in [1.82, 2.24) is 20.4 Å². The van der Waals surface area contributed by atoms with E-state index in [-0.39, 0.29) is 0 Å². The maximum absolute atomic E-state index is 11.5. The number of carbonyl (C=O) groups is 1. The minimum absolute atomic E-state index is 0.447. The quantitative estimate of drug-likeness (QED) is 0.661. The molecule has 1 amide bonds. The van der Waals surface area contributed by atoms with Crippen LogP contribution in [0, 0.1) is 0 Å². The highest BCUT2D eigenvalue weighted by Gasteiger charge is 2.13. The molecule has 4 rings (SSSR count). The Balaban J connectivity index is 1.54. The Morgan fingerprint density at radius 3 is 2.84 bits per heavy atom. The maximum atomic E-state index is 11.5. The molecule has 0 spiro atoms. The number of rotatable bonds is 5. The lowest BCUT2D eigenvalue weighted by Gasteiger charge is -2.11. The van der Waals surface area contributed by atoms with Crippen LogP contribution in [-0.2, 0) is 6.54 Å². The minimum atomic E-state index is -0.460. The fraction of sp³-hybridized carbons (Fsp3) is 0.263. The Hall–Kier alpha value is -2.70. The van der Waals surface area contributed by atoms with Crippen molar-refractivity contribution in [2.24, 2.45) is 5.73 Å². The van der Waals surface area contributed by atoms with Crippen molar-refractivity contribution >= 4 is 16.8 Å². The normalized spacial score (nSPS) is 17.2. The molecule has 128 valence electrons. The fourth-order valence-corrected chi connectivity index (χ4v) is 3.23. The van der Waals surface area contributed by atoms with Crippen LogP contribution in [0.3, 0.4) is 0 Å². The molecule has 25 heavy (non-hydrogen) atoms. The van der Waals surface area contributed by atoms with Gasteiger partial charge in [0, 0.05) is 30.7 Å². The summed E-state index contributed by atoms with van der Waals surface area (Å²) in [5.41, 5.74) is 8.71. The number of nitrogens with one attached hydrogen (secondary N) is 2. The van der Waals surface area contributed by atoms with E-state index < -0.39 is 5.91 Å². The maximum Gasteiger partial charge on any atom is 0.250 e. The molecule has 1 saturated heterocycles. The lowest BCUT2D eigenvalue weighted by Crippen LogP contribution is -2.30. The molecule has 1 aromatic heterocycles. The zero-order chi connectivity index (χ0) is 17.2. The first-order valence-electron chi connectivity index (χ1n) is 8.52. The van der Waals surface area contributed by atoms with Crippen molar-refractivity contribution in [1.29, 1.82) is 0 Å². The third-order valence-electron chi connectivity index (χ3n) is 4.66. The van der Waals surface area contributed by atoms with Crippen molar-refractivity contribution in [2.75, 3.05) is 13.1 Å². The predicted octanol–water partition coefficient (Wildman–Crippen LogP) is 1.58. The topological polar surface area (TPSA) is 85.0 Å². The van der Waals surface area contributed by atoms with Gasteiger partial charge in [-0.2, -0.15) is 5.10 Å². The fourth-order valence-electron chi connectivity index (χ4n) is 3.23. The summed E-state index contributed by atoms with van der Waals surface area (Å²) in [6.07, 6.45) is 3.10. The second-order valence-electron chi connectivity index (χ2n) is 6.42.